The Morgan fingerprint density at radius 1 is 1.21 bits per heavy atom. The number of carboxylic acids is 1. The van der Waals surface area contributed by atoms with Crippen molar-refractivity contribution in [3.63, 3.8) is 0 Å². The molecule has 2 aromatic rings. The molecule has 6 nitrogen and oxygen atoms in total. The highest BCUT2D eigenvalue weighted by Crippen LogP contribution is 2.35. The van der Waals surface area contributed by atoms with Gasteiger partial charge in [-0.3, -0.25) is 9.59 Å². The number of carbonyl (C=O) groups excluding carboxylic acids is 1. The summed E-state index contributed by atoms with van der Waals surface area (Å²) in [5.41, 5.74) is -0.161. The summed E-state index contributed by atoms with van der Waals surface area (Å²) in [6.07, 6.45) is -1.07. The molecule has 0 saturated carbocycles. The summed E-state index contributed by atoms with van der Waals surface area (Å²) < 4.78 is 13.2. The maximum absolute atomic E-state index is 13.2. The number of halogens is 1. The summed E-state index contributed by atoms with van der Waals surface area (Å²) in [6.45, 7) is 1.72. The Balaban J connectivity index is 1.89. The first-order valence-corrected chi connectivity index (χ1v) is 8.98. The van der Waals surface area contributed by atoms with Gasteiger partial charge in [-0.05, 0) is 55.2 Å². The highest BCUT2D eigenvalue weighted by Gasteiger charge is 2.50. The molecule has 0 aliphatic carbocycles. The van der Waals surface area contributed by atoms with Crippen molar-refractivity contribution in [1.29, 1.82) is 0 Å². The summed E-state index contributed by atoms with van der Waals surface area (Å²) in [5, 5.41) is 30.3. The minimum absolute atomic E-state index is 0.0151. The second kappa shape index (κ2) is 7.59. The van der Waals surface area contributed by atoms with Gasteiger partial charge in [-0.2, -0.15) is 0 Å². The summed E-state index contributed by atoms with van der Waals surface area (Å²) in [5.74, 6) is -2.08. The van der Waals surface area contributed by atoms with E-state index in [1.807, 2.05) is 0 Å². The zero-order chi connectivity index (χ0) is 20.5. The van der Waals surface area contributed by atoms with Crippen molar-refractivity contribution in [2.45, 2.75) is 25.9 Å². The van der Waals surface area contributed by atoms with E-state index in [4.69, 9.17) is 0 Å². The fraction of sp³-hybridized carbons (Fsp3) is 0.333. The van der Waals surface area contributed by atoms with Gasteiger partial charge >= 0.3 is 5.97 Å². The normalized spacial score (nSPS) is 22.1. The fourth-order valence-corrected chi connectivity index (χ4v) is 3.60. The number of hydrogen-bond donors (Lipinski definition) is 3. The Bertz CT molecular complexity index is 898. The van der Waals surface area contributed by atoms with Gasteiger partial charge in [-0.25, -0.2) is 4.39 Å². The summed E-state index contributed by atoms with van der Waals surface area (Å²) >= 11 is 0. The van der Waals surface area contributed by atoms with Gasteiger partial charge in [0.15, 0.2) is 0 Å². The molecule has 2 aromatic carbocycles. The molecule has 148 valence electrons. The number of piperidine rings is 1. The smallest absolute Gasteiger partial charge is 0.314 e. The Labute approximate surface area is 161 Å². The minimum Gasteiger partial charge on any atom is -0.508 e. The standard InChI is InChI=1S/C21H22FNO5/c1-13-2-5-15(10-17(13)24)19(26)23-9-8-18(25)21(12-23,20(27)28)11-14-3-6-16(22)7-4-14/h2-7,10,18,24-25H,8-9,11-12H2,1H3,(H,27,28)/t18-,21+/m0/s1. The molecule has 2 atom stereocenters. The molecule has 1 heterocycles. The van der Waals surface area contributed by atoms with Crippen molar-refractivity contribution in [3.05, 3.63) is 65.0 Å². The lowest BCUT2D eigenvalue weighted by molar-refractivity contribution is -0.161. The Hall–Kier alpha value is -2.93. The van der Waals surface area contributed by atoms with Crippen LogP contribution in [-0.4, -0.2) is 51.3 Å². The predicted molar refractivity (Wildman–Crippen MR) is 99.5 cm³/mol. The average Bonchev–Trinajstić information content (AvgIpc) is 2.67. The molecule has 28 heavy (non-hydrogen) atoms. The molecule has 0 radical (unpaired) electrons. The van der Waals surface area contributed by atoms with Crippen LogP contribution in [0.5, 0.6) is 5.75 Å². The van der Waals surface area contributed by atoms with E-state index in [0.29, 0.717) is 11.1 Å². The van der Waals surface area contributed by atoms with E-state index in [1.165, 1.54) is 35.2 Å². The SMILES string of the molecule is Cc1ccc(C(=O)N2CC[C@H](O)[C@](Cc3ccc(F)cc3)(C(=O)O)C2)cc1O. The molecule has 1 amide bonds. The number of carbonyl (C=O) groups is 2. The molecular weight excluding hydrogens is 365 g/mol. The number of aliphatic hydroxyl groups is 1. The predicted octanol–water partition coefficient (Wildman–Crippen LogP) is 2.36. The first-order chi connectivity index (χ1) is 13.2. The number of aromatic hydroxyl groups is 1. The highest BCUT2D eigenvalue weighted by molar-refractivity contribution is 5.95. The maximum Gasteiger partial charge on any atom is 0.314 e. The monoisotopic (exact) mass is 387 g/mol. The van der Waals surface area contributed by atoms with Crippen LogP contribution in [0.15, 0.2) is 42.5 Å². The van der Waals surface area contributed by atoms with Crippen LogP contribution in [0.1, 0.15) is 27.9 Å². The molecule has 3 rings (SSSR count). The van der Waals surface area contributed by atoms with Gasteiger partial charge in [0.1, 0.15) is 17.0 Å². The number of phenols is 1. The number of hydrogen-bond acceptors (Lipinski definition) is 4. The molecule has 0 aromatic heterocycles. The van der Waals surface area contributed by atoms with Gasteiger partial charge in [0.05, 0.1) is 6.10 Å². The van der Waals surface area contributed by atoms with Crippen LogP contribution >= 0.6 is 0 Å². The first-order valence-electron chi connectivity index (χ1n) is 8.98. The van der Waals surface area contributed by atoms with Gasteiger partial charge in [0.25, 0.3) is 5.91 Å². The van der Waals surface area contributed by atoms with E-state index in [9.17, 15) is 29.3 Å². The van der Waals surface area contributed by atoms with E-state index >= 15 is 0 Å². The Morgan fingerprint density at radius 3 is 2.50 bits per heavy atom. The molecule has 7 heteroatoms. The molecule has 0 bridgehead atoms. The van der Waals surface area contributed by atoms with Crippen molar-refractivity contribution in [2.24, 2.45) is 5.41 Å². The maximum atomic E-state index is 13.2. The lowest BCUT2D eigenvalue weighted by Gasteiger charge is -2.43. The highest BCUT2D eigenvalue weighted by atomic mass is 19.1. The van der Waals surface area contributed by atoms with Gasteiger partial charge in [0, 0.05) is 18.7 Å². The Kier molecular flexibility index (Phi) is 5.38. The third-order valence-electron chi connectivity index (χ3n) is 5.39. The van der Waals surface area contributed by atoms with E-state index in [2.05, 4.69) is 0 Å². The number of carboxylic acid groups (broad SMARTS) is 1. The fourth-order valence-electron chi connectivity index (χ4n) is 3.60. The van der Waals surface area contributed by atoms with E-state index in [1.54, 1.807) is 19.1 Å². The molecule has 0 spiro atoms. The second-order valence-corrected chi connectivity index (χ2v) is 7.30. The lowest BCUT2D eigenvalue weighted by atomic mass is 9.72. The van der Waals surface area contributed by atoms with Crippen molar-refractivity contribution >= 4 is 11.9 Å². The number of nitrogens with zero attached hydrogens (tertiary/aromatic N) is 1. The van der Waals surface area contributed by atoms with Crippen molar-refractivity contribution in [2.75, 3.05) is 13.1 Å². The van der Waals surface area contributed by atoms with Crippen molar-refractivity contribution < 1.29 is 29.3 Å². The number of aryl methyl sites for hydroxylation is 1. The van der Waals surface area contributed by atoms with Crippen LogP contribution in [-0.2, 0) is 11.2 Å². The zero-order valence-electron chi connectivity index (χ0n) is 15.4. The third-order valence-corrected chi connectivity index (χ3v) is 5.39. The lowest BCUT2D eigenvalue weighted by Crippen LogP contribution is -2.58. The van der Waals surface area contributed by atoms with Crippen molar-refractivity contribution in [3.8, 4) is 5.75 Å². The second-order valence-electron chi connectivity index (χ2n) is 7.30. The molecule has 1 aliphatic rings. The molecule has 3 N–H and O–H groups in total. The van der Waals surface area contributed by atoms with Gasteiger partial charge < -0.3 is 20.2 Å². The summed E-state index contributed by atoms with van der Waals surface area (Å²) in [7, 11) is 0. The number of amides is 1. The van der Waals surface area contributed by atoms with Crippen LogP contribution in [0, 0.1) is 18.2 Å². The molecule has 1 fully saturated rings. The summed E-state index contributed by atoms with van der Waals surface area (Å²) in [6, 6.07) is 9.97. The number of rotatable bonds is 4. The quantitative estimate of drug-likeness (QED) is 0.748. The topological polar surface area (TPSA) is 98.1 Å². The Morgan fingerprint density at radius 2 is 1.89 bits per heavy atom. The van der Waals surface area contributed by atoms with Crippen LogP contribution in [0.25, 0.3) is 0 Å². The van der Waals surface area contributed by atoms with Crippen LogP contribution in [0.4, 0.5) is 4.39 Å². The summed E-state index contributed by atoms with van der Waals surface area (Å²) in [4.78, 5) is 26.4. The number of likely N-dealkylation sites (tertiary alicyclic amines) is 1. The third kappa shape index (κ3) is 3.71. The molecule has 0 unspecified atom stereocenters. The number of benzene rings is 2. The number of aliphatic carboxylic acids is 1. The van der Waals surface area contributed by atoms with Crippen LogP contribution in [0.3, 0.4) is 0 Å². The average molecular weight is 387 g/mol. The van der Waals surface area contributed by atoms with Gasteiger partial charge in [0.2, 0.25) is 0 Å². The molecular formula is C21H22FNO5. The first kappa shape index (κ1) is 19.8. The van der Waals surface area contributed by atoms with E-state index in [0.717, 1.165) is 0 Å². The van der Waals surface area contributed by atoms with E-state index < -0.39 is 29.2 Å². The minimum atomic E-state index is -1.60. The van der Waals surface area contributed by atoms with Gasteiger partial charge in [-0.15, -0.1) is 0 Å². The number of aliphatic hydroxyl groups excluding tert-OH is 1. The van der Waals surface area contributed by atoms with Crippen molar-refractivity contribution in [1.82, 2.24) is 4.90 Å². The molecule has 1 saturated heterocycles. The largest absolute Gasteiger partial charge is 0.508 e. The molecule has 1 aliphatic heterocycles. The van der Waals surface area contributed by atoms with E-state index in [-0.39, 0.29) is 37.2 Å². The van der Waals surface area contributed by atoms with Crippen LogP contribution in [0.2, 0.25) is 0 Å². The number of phenolic OH excluding ortho intramolecular Hbond substituents is 1. The van der Waals surface area contributed by atoms with Gasteiger partial charge in [-0.1, -0.05) is 18.2 Å². The van der Waals surface area contributed by atoms with Crippen LogP contribution < -0.4 is 0 Å². The zero-order valence-corrected chi connectivity index (χ0v) is 15.4.